The fourth-order valence-corrected chi connectivity index (χ4v) is 4.23. The largest absolute Gasteiger partial charge is 0.353 e. The van der Waals surface area contributed by atoms with Crippen molar-refractivity contribution in [1.29, 1.82) is 0 Å². The third-order valence-corrected chi connectivity index (χ3v) is 5.71. The quantitative estimate of drug-likeness (QED) is 0.507. The van der Waals surface area contributed by atoms with E-state index in [9.17, 15) is 9.59 Å². The molecule has 1 aromatic heterocycles. The molecule has 5 nitrogen and oxygen atoms in total. The number of amides is 2. The van der Waals surface area contributed by atoms with Gasteiger partial charge in [-0.05, 0) is 49.3 Å². The van der Waals surface area contributed by atoms with Crippen molar-refractivity contribution in [2.45, 2.75) is 73.5 Å². The Hall–Kier alpha value is -2.56. The van der Waals surface area contributed by atoms with Gasteiger partial charge >= 0.3 is 0 Å². The van der Waals surface area contributed by atoms with Crippen LogP contribution in [0, 0.1) is 11.3 Å². The number of carbonyl (C=O) groups excluding carboxylic acids is 2. The molecule has 0 fully saturated rings. The van der Waals surface area contributed by atoms with Crippen LogP contribution in [0.15, 0.2) is 48.7 Å². The highest BCUT2D eigenvalue weighted by molar-refractivity contribution is 5.85. The van der Waals surface area contributed by atoms with Crippen LogP contribution < -0.4 is 0 Å². The molecule has 1 heterocycles. The van der Waals surface area contributed by atoms with Gasteiger partial charge in [0.1, 0.15) is 0 Å². The third kappa shape index (κ3) is 8.18. The SMILES string of the molecule is CC(C)N(CC(=O)N(Cc1ccccc1)Cc1cccn1C)C(=O)C[C@@H](C)CC(C)(C)C. The average molecular weight is 440 g/mol. The lowest BCUT2D eigenvalue weighted by atomic mass is 9.84. The van der Waals surface area contributed by atoms with Gasteiger partial charge < -0.3 is 14.4 Å². The van der Waals surface area contributed by atoms with Crippen molar-refractivity contribution in [1.82, 2.24) is 14.4 Å². The summed E-state index contributed by atoms with van der Waals surface area (Å²) < 4.78 is 2.03. The molecule has 0 spiro atoms. The van der Waals surface area contributed by atoms with E-state index in [1.165, 1.54) is 0 Å². The van der Waals surface area contributed by atoms with E-state index < -0.39 is 0 Å². The Morgan fingerprint density at radius 1 is 0.938 bits per heavy atom. The number of aryl methyl sites for hydroxylation is 1. The molecular formula is C27H41N3O2. The van der Waals surface area contributed by atoms with Crippen LogP contribution in [-0.4, -0.2) is 38.8 Å². The van der Waals surface area contributed by atoms with E-state index in [-0.39, 0.29) is 35.7 Å². The van der Waals surface area contributed by atoms with Crippen LogP contribution in [0.3, 0.4) is 0 Å². The maximum Gasteiger partial charge on any atom is 0.242 e. The molecule has 2 amide bonds. The molecule has 1 aromatic carbocycles. The first-order valence-corrected chi connectivity index (χ1v) is 11.7. The molecule has 0 saturated heterocycles. The molecule has 0 unspecified atom stereocenters. The van der Waals surface area contributed by atoms with Crippen LogP contribution in [0.5, 0.6) is 0 Å². The van der Waals surface area contributed by atoms with Gasteiger partial charge in [-0.15, -0.1) is 0 Å². The summed E-state index contributed by atoms with van der Waals surface area (Å²) >= 11 is 0. The second kappa shape index (κ2) is 11.3. The zero-order valence-corrected chi connectivity index (χ0v) is 21.0. The number of nitrogens with zero attached hydrogens (tertiary/aromatic N) is 3. The van der Waals surface area contributed by atoms with Crippen LogP contribution >= 0.6 is 0 Å². The lowest BCUT2D eigenvalue weighted by Gasteiger charge is -2.32. The number of aromatic nitrogens is 1. The normalized spacial score (nSPS) is 12.6. The molecule has 0 radical (unpaired) electrons. The number of benzene rings is 1. The smallest absolute Gasteiger partial charge is 0.242 e. The Kier molecular flexibility index (Phi) is 9.11. The molecule has 5 heteroatoms. The molecular weight excluding hydrogens is 398 g/mol. The Balaban J connectivity index is 2.14. The Bertz CT molecular complexity index is 865. The molecule has 2 rings (SSSR count). The number of rotatable bonds is 10. The molecule has 176 valence electrons. The highest BCUT2D eigenvalue weighted by Crippen LogP contribution is 2.26. The van der Waals surface area contributed by atoms with E-state index in [4.69, 9.17) is 0 Å². The second-order valence-corrected chi connectivity index (χ2v) is 10.5. The molecule has 0 aliphatic heterocycles. The van der Waals surface area contributed by atoms with Gasteiger partial charge in [0.15, 0.2) is 0 Å². The number of carbonyl (C=O) groups is 2. The van der Waals surface area contributed by atoms with Gasteiger partial charge in [0, 0.05) is 37.9 Å². The minimum absolute atomic E-state index is 0.0260. The van der Waals surface area contributed by atoms with Crippen molar-refractivity contribution in [2.24, 2.45) is 18.4 Å². The second-order valence-electron chi connectivity index (χ2n) is 10.5. The van der Waals surface area contributed by atoms with Crippen molar-refractivity contribution in [3.63, 3.8) is 0 Å². The topological polar surface area (TPSA) is 45.6 Å². The Morgan fingerprint density at radius 3 is 2.12 bits per heavy atom. The van der Waals surface area contributed by atoms with Crippen molar-refractivity contribution in [3.8, 4) is 0 Å². The maximum atomic E-state index is 13.4. The van der Waals surface area contributed by atoms with E-state index in [2.05, 4.69) is 27.7 Å². The lowest BCUT2D eigenvalue weighted by molar-refractivity contribution is -0.143. The van der Waals surface area contributed by atoms with Crippen molar-refractivity contribution >= 4 is 11.8 Å². The first-order valence-electron chi connectivity index (χ1n) is 11.7. The number of hydrogen-bond donors (Lipinski definition) is 0. The van der Waals surface area contributed by atoms with Gasteiger partial charge in [-0.3, -0.25) is 9.59 Å². The van der Waals surface area contributed by atoms with Gasteiger partial charge in [0.2, 0.25) is 11.8 Å². The molecule has 0 bridgehead atoms. The zero-order chi connectivity index (χ0) is 23.9. The van der Waals surface area contributed by atoms with Gasteiger partial charge in [-0.1, -0.05) is 58.0 Å². The van der Waals surface area contributed by atoms with E-state index in [0.717, 1.165) is 17.7 Å². The predicted octanol–water partition coefficient (Wildman–Crippen LogP) is 5.25. The predicted molar refractivity (Wildman–Crippen MR) is 131 cm³/mol. The maximum absolute atomic E-state index is 13.4. The minimum Gasteiger partial charge on any atom is -0.353 e. The van der Waals surface area contributed by atoms with Gasteiger partial charge in [0.05, 0.1) is 13.1 Å². The standard InChI is InChI=1S/C27H41N3O2/c1-21(2)30(25(31)16-22(3)17-27(4,5)6)20-26(32)29(18-23-12-9-8-10-13-23)19-24-14-11-15-28(24)7/h8-15,21-22H,16-20H2,1-7H3/t22-/m1/s1. The Labute approximate surface area is 194 Å². The Morgan fingerprint density at radius 2 is 1.59 bits per heavy atom. The molecule has 0 saturated carbocycles. The summed E-state index contributed by atoms with van der Waals surface area (Å²) in [6, 6.07) is 14.0. The molecule has 0 N–H and O–H groups in total. The third-order valence-electron chi connectivity index (χ3n) is 5.71. The summed E-state index contributed by atoms with van der Waals surface area (Å²) in [7, 11) is 1.99. The van der Waals surface area contributed by atoms with Crippen LogP contribution in [0.25, 0.3) is 0 Å². The van der Waals surface area contributed by atoms with Crippen molar-refractivity contribution < 1.29 is 9.59 Å². The first kappa shape index (κ1) is 25.7. The van der Waals surface area contributed by atoms with Crippen molar-refractivity contribution in [2.75, 3.05) is 6.54 Å². The fourth-order valence-electron chi connectivity index (χ4n) is 4.23. The molecule has 32 heavy (non-hydrogen) atoms. The lowest BCUT2D eigenvalue weighted by Crippen LogP contribution is -2.46. The van der Waals surface area contributed by atoms with Gasteiger partial charge in [-0.25, -0.2) is 0 Å². The summed E-state index contributed by atoms with van der Waals surface area (Å²) in [5, 5.41) is 0. The highest BCUT2D eigenvalue weighted by Gasteiger charge is 2.26. The first-order chi connectivity index (χ1) is 15.0. The van der Waals surface area contributed by atoms with Crippen molar-refractivity contribution in [3.05, 3.63) is 59.9 Å². The van der Waals surface area contributed by atoms with Crippen LogP contribution in [0.2, 0.25) is 0 Å². The fraction of sp³-hybridized carbons (Fsp3) is 0.556. The zero-order valence-electron chi connectivity index (χ0n) is 21.0. The molecule has 0 aliphatic rings. The minimum atomic E-state index is -0.0272. The van der Waals surface area contributed by atoms with E-state index in [1.807, 2.05) is 79.0 Å². The monoisotopic (exact) mass is 439 g/mol. The summed E-state index contributed by atoms with van der Waals surface area (Å²) in [5.74, 6) is 0.312. The van der Waals surface area contributed by atoms with Gasteiger partial charge in [0.25, 0.3) is 0 Å². The van der Waals surface area contributed by atoms with Crippen LogP contribution in [0.4, 0.5) is 0 Å². The summed E-state index contributed by atoms with van der Waals surface area (Å²) in [6.07, 6.45) is 3.44. The van der Waals surface area contributed by atoms with E-state index in [1.54, 1.807) is 4.90 Å². The summed E-state index contributed by atoms with van der Waals surface area (Å²) in [6.45, 7) is 13.8. The number of hydrogen-bond acceptors (Lipinski definition) is 2. The molecule has 1 atom stereocenters. The highest BCUT2D eigenvalue weighted by atomic mass is 16.2. The van der Waals surface area contributed by atoms with Crippen LogP contribution in [-0.2, 0) is 29.7 Å². The molecule has 0 aliphatic carbocycles. The van der Waals surface area contributed by atoms with Crippen LogP contribution in [0.1, 0.15) is 65.6 Å². The summed E-state index contributed by atoms with van der Waals surface area (Å²) in [5.41, 5.74) is 2.33. The van der Waals surface area contributed by atoms with Gasteiger partial charge in [-0.2, -0.15) is 0 Å². The van der Waals surface area contributed by atoms with E-state index in [0.29, 0.717) is 19.5 Å². The van der Waals surface area contributed by atoms with E-state index >= 15 is 0 Å². The summed E-state index contributed by atoms with van der Waals surface area (Å²) in [4.78, 5) is 30.2. The average Bonchev–Trinajstić information content (AvgIpc) is 3.08. The molecule has 2 aromatic rings.